The van der Waals surface area contributed by atoms with Crippen molar-refractivity contribution in [1.82, 2.24) is 0 Å². The fraction of sp³-hybridized carbons (Fsp3) is 0.909. The fourth-order valence-electron chi connectivity index (χ4n) is 1.22. The van der Waals surface area contributed by atoms with Crippen LogP contribution in [0.25, 0.3) is 0 Å². The van der Waals surface area contributed by atoms with Crippen molar-refractivity contribution in [2.45, 2.75) is 12.2 Å². The summed E-state index contributed by atoms with van der Waals surface area (Å²) in [7, 11) is 1.14. The Labute approximate surface area is 123 Å². The van der Waals surface area contributed by atoms with Crippen LogP contribution in [0.15, 0.2) is 0 Å². The SMILES string of the molecule is COCC(COC(=O)P(=O)(O)OCC(COC)OC)OC. The highest BCUT2D eigenvalue weighted by atomic mass is 31.2. The van der Waals surface area contributed by atoms with Gasteiger partial charge in [0.1, 0.15) is 18.8 Å². The molecule has 0 spiro atoms. The molecule has 0 rings (SSSR count). The topological polar surface area (TPSA) is 110 Å². The van der Waals surface area contributed by atoms with Crippen molar-refractivity contribution < 1.29 is 42.5 Å². The van der Waals surface area contributed by atoms with Crippen molar-refractivity contribution in [1.29, 1.82) is 0 Å². The molecule has 0 bridgehead atoms. The minimum Gasteiger partial charge on any atom is -0.454 e. The van der Waals surface area contributed by atoms with E-state index in [0.29, 0.717) is 0 Å². The largest absolute Gasteiger partial charge is 0.454 e. The summed E-state index contributed by atoms with van der Waals surface area (Å²) in [6, 6.07) is 0. The second kappa shape index (κ2) is 11.1. The summed E-state index contributed by atoms with van der Waals surface area (Å²) in [5.74, 6) is 0. The number of carbonyl (C=O) groups is 1. The molecular formula is C11H23O9P. The van der Waals surface area contributed by atoms with E-state index in [1.807, 2.05) is 0 Å². The summed E-state index contributed by atoms with van der Waals surface area (Å²) >= 11 is 0. The third-order valence-corrected chi connectivity index (χ3v) is 3.52. The summed E-state index contributed by atoms with van der Waals surface area (Å²) in [5, 5.41) is 0. The Morgan fingerprint density at radius 1 is 0.952 bits per heavy atom. The van der Waals surface area contributed by atoms with Crippen molar-refractivity contribution in [2.24, 2.45) is 0 Å². The summed E-state index contributed by atoms with van der Waals surface area (Å²) < 4.78 is 40.6. The molecule has 0 aromatic carbocycles. The lowest BCUT2D eigenvalue weighted by molar-refractivity contribution is -0.0110. The maximum Gasteiger partial charge on any atom is 0.435 e. The first-order chi connectivity index (χ1) is 9.91. The zero-order valence-electron chi connectivity index (χ0n) is 12.6. The Balaban J connectivity index is 4.28. The third-order valence-electron chi connectivity index (χ3n) is 2.43. The molecule has 3 unspecified atom stereocenters. The first-order valence-electron chi connectivity index (χ1n) is 6.09. The average Bonchev–Trinajstić information content (AvgIpc) is 2.47. The van der Waals surface area contributed by atoms with Crippen LogP contribution >= 0.6 is 7.60 Å². The van der Waals surface area contributed by atoms with E-state index in [4.69, 9.17) is 18.9 Å². The zero-order valence-corrected chi connectivity index (χ0v) is 13.5. The van der Waals surface area contributed by atoms with Crippen LogP contribution in [0, 0.1) is 0 Å². The molecule has 21 heavy (non-hydrogen) atoms. The number of rotatable bonds is 12. The third kappa shape index (κ3) is 8.47. The van der Waals surface area contributed by atoms with Crippen molar-refractivity contribution in [3.8, 4) is 0 Å². The molecule has 3 atom stereocenters. The van der Waals surface area contributed by atoms with E-state index in [1.54, 1.807) is 0 Å². The predicted molar refractivity (Wildman–Crippen MR) is 72.5 cm³/mol. The van der Waals surface area contributed by atoms with Gasteiger partial charge in [0.2, 0.25) is 0 Å². The van der Waals surface area contributed by atoms with Crippen LogP contribution in [-0.2, 0) is 32.8 Å². The first kappa shape index (κ1) is 20.5. The number of carbonyl (C=O) groups excluding carboxylic acids is 1. The lowest BCUT2D eigenvalue weighted by Crippen LogP contribution is -2.26. The summed E-state index contributed by atoms with van der Waals surface area (Å²) in [6.07, 6.45) is -1.09. The molecule has 9 nitrogen and oxygen atoms in total. The first-order valence-corrected chi connectivity index (χ1v) is 7.67. The molecule has 0 saturated heterocycles. The van der Waals surface area contributed by atoms with Crippen LogP contribution in [0.5, 0.6) is 0 Å². The van der Waals surface area contributed by atoms with Gasteiger partial charge in [0.25, 0.3) is 0 Å². The van der Waals surface area contributed by atoms with Crippen molar-refractivity contribution in [3.05, 3.63) is 0 Å². The predicted octanol–water partition coefficient (Wildman–Crippen LogP) is 0.648. The highest BCUT2D eigenvalue weighted by molar-refractivity contribution is 7.70. The second-order valence-corrected chi connectivity index (χ2v) is 5.68. The Hall–Kier alpha value is -0.540. The van der Waals surface area contributed by atoms with Gasteiger partial charge in [-0.15, -0.1) is 0 Å². The molecular weight excluding hydrogens is 307 g/mol. The molecule has 0 saturated carbocycles. The summed E-state index contributed by atoms with van der Waals surface area (Å²) in [4.78, 5) is 21.0. The van der Waals surface area contributed by atoms with Crippen molar-refractivity contribution in [3.63, 3.8) is 0 Å². The maximum absolute atomic E-state index is 11.7. The molecule has 0 heterocycles. The van der Waals surface area contributed by atoms with Crippen molar-refractivity contribution in [2.75, 3.05) is 54.9 Å². The molecule has 0 radical (unpaired) electrons. The van der Waals surface area contributed by atoms with E-state index in [9.17, 15) is 14.3 Å². The van der Waals surface area contributed by atoms with Crippen LogP contribution in [0.3, 0.4) is 0 Å². The van der Waals surface area contributed by atoms with E-state index >= 15 is 0 Å². The minimum atomic E-state index is -4.55. The van der Waals surface area contributed by atoms with E-state index < -0.39 is 25.5 Å². The van der Waals surface area contributed by atoms with E-state index in [0.717, 1.165) is 0 Å². The highest BCUT2D eigenvalue weighted by Crippen LogP contribution is 2.44. The molecule has 0 aromatic rings. The van der Waals surface area contributed by atoms with Crippen LogP contribution in [0.1, 0.15) is 0 Å². The molecule has 1 N–H and O–H groups in total. The van der Waals surface area contributed by atoms with E-state index in [-0.39, 0.29) is 26.4 Å². The smallest absolute Gasteiger partial charge is 0.435 e. The number of ether oxygens (including phenoxy) is 5. The minimum absolute atomic E-state index is 0.158. The highest BCUT2D eigenvalue weighted by Gasteiger charge is 2.34. The van der Waals surface area contributed by atoms with Gasteiger partial charge in [0.15, 0.2) is 0 Å². The molecule has 10 heteroatoms. The monoisotopic (exact) mass is 330 g/mol. The summed E-state index contributed by atoms with van der Waals surface area (Å²) in [5.41, 5.74) is -1.35. The van der Waals surface area contributed by atoms with Crippen LogP contribution < -0.4 is 0 Å². The van der Waals surface area contributed by atoms with Gasteiger partial charge in [0.05, 0.1) is 19.8 Å². The standard InChI is InChI=1S/C11H23O9P/c1-15-5-9(17-3)7-19-11(12)21(13,14)20-8-10(18-4)6-16-2/h9-10H,5-8H2,1-4H3,(H,13,14). The van der Waals surface area contributed by atoms with Crippen LogP contribution in [-0.4, -0.2) is 77.7 Å². The number of methoxy groups -OCH3 is 4. The van der Waals surface area contributed by atoms with Gasteiger partial charge in [-0.1, -0.05) is 0 Å². The lowest BCUT2D eigenvalue weighted by atomic mass is 10.4. The van der Waals surface area contributed by atoms with E-state index in [1.165, 1.54) is 28.4 Å². The van der Waals surface area contributed by atoms with Gasteiger partial charge >= 0.3 is 13.3 Å². The normalized spacial score (nSPS) is 17.0. The molecule has 0 aliphatic heterocycles. The maximum atomic E-state index is 11.7. The van der Waals surface area contributed by atoms with Gasteiger partial charge in [0, 0.05) is 28.4 Å². The molecule has 0 aromatic heterocycles. The van der Waals surface area contributed by atoms with Crippen LogP contribution in [0.4, 0.5) is 4.79 Å². The lowest BCUT2D eigenvalue weighted by Gasteiger charge is -2.18. The van der Waals surface area contributed by atoms with Gasteiger partial charge in [-0.2, -0.15) is 0 Å². The Bertz CT molecular complexity index is 336. The van der Waals surface area contributed by atoms with Crippen molar-refractivity contribution >= 4 is 13.3 Å². The Kier molecular flexibility index (Phi) is 10.8. The Morgan fingerprint density at radius 2 is 1.43 bits per heavy atom. The summed E-state index contributed by atoms with van der Waals surface area (Å²) in [6.45, 7) is -0.160. The molecule has 0 aliphatic rings. The quantitative estimate of drug-likeness (QED) is 0.516. The van der Waals surface area contributed by atoms with Gasteiger partial charge in [-0.25, -0.2) is 9.36 Å². The van der Waals surface area contributed by atoms with Gasteiger partial charge in [-0.3, -0.25) is 4.52 Å². The molecule has 0 amide bonds. The van der Waals surface area contributed by atoms with Crippen LogP contribution in [0.2, 0.25) is 0 Å². The van der Waals surface area contributed by atoms with Gasteiger partial charge < -0.3 is 28.6 Å². The molecule has 126 valence electrons. The molecule has 0 fully saturated rings. The van der Waals surface area contributed by atoms with Gasteiger partial charge in [-0.05, 0) is 0 Å². The molecule has 0 aliphatic carbocycles. The zero-order chi connectivity index (χ0) is 16.3. The average molecular weight is 330 g/mol. The Morgan fingerprint density at radius 3 is 1.86 bits per heavy atom. The van der Waals surface area contributed by atoms with E-state index in [2.05, 4.69) is 9.26 Å². The fourth-order valence-corrected chi connectivity index (χ4v) is 1.93. The number of hydrogen-bond acceptors (Lipinski definition) is 8. The number of hydrogen-bond donors (Lipinski definition) is 1. The second-order valence-electron chi connectivity index (χ2n) is 4.02.